The molecule has 0 bridgehead atoms. The summed E-state index contributed by atoms with van der Waals surface area (Å²) in [5.74, 6) is -0.798. The van der Waals surface area contributed by atoms with Gasteiger partial charge in [0.25, 0.3) is 0 Å². The van der Waals surface area contributed by atoms with Gasteiger partial charge in [0.05, 0.1) is 5.56 Å². The van der Waals surface area contributed by atoms with Crippen molar-refractivity contribution in [2.75, 3.05) is 6.54 Å². The second-order valence-electron chi connectivity index (χ2n) is 6.17. The molecule has 0 spiro atoms. The number of carboxylic acids is 1. The molecule has 116 valence electrons. The lowest BCUT2D eigenvalue weighted by molar-refractivity contribution is 0.0694. The van der Waals surface area contributed by atoms with E-state index in [0.717, 1.165) is 25.1 Å². The average molecular weight is 289 g/mol. The summed E-state index contributed by atoms with van der Waals surface area (Å²) in [6.45, 7) is 6.42. The smallest absolute Gasteiger partial charge is 0.335 e. The molecule has 1 aromatic rings. The average Bonchev–Trinajstić information content (AvgIpc) is 2.50. The Morgan fingerprint density at radius 2 is 2.14 bits per heavy atom. The Hall–Kier alpha value is -1.35. The molecular formula is C18H27NO2. The number of carbonyl (C=O) groups is 1. The van der Waals surface area contributed by atoms with E-state index < -0.39 is 5.97 Å². The minimum Gasteiger partial charge on any atom is -0.478 e. The van der Waals surface area contributed by atoms with Gasteiger partial charge in [0.1, 0.15) is 0 Å². The molecule has 1 aliphatic heterocycles. The van der Waals surface area contributed by atoms with Crippen molar-refractivity contribution in [1.29, 1.82) is 0 Å². The third kappa shape index (κ3) is 4.07. The summed E-state index contributed by atoms with van der Waals surface area (Å²) >= 11 is 0. The van der Waals surface area contributed by atoms with Gasteiger partial charge in [-0.15, -0.1) is 0 Å². The van der Waals surface area contributed by atoms with E-state index in [1.807, 2.05) is 6.07 Å². The summed E-state index contributed by atoms with van der Waals surface area (Å²) in [6, 6.07) is 6.27. The second kappa shape index (κ2) is 7.60. The van der Waals surface area contributed by atoms with E-state index in [9.17, 15) is 9.90 Å². The van der Waals surface area contributed by atoms with Crippen LogP contribution in [0.2, 0.25) is 0 Å². The third-order valence-electron chi connectivity index (χ3n) is 4.62. The number of unbranched alkanes of at least 4 members (excludes halogenated alkanes) is 3. The highest BCUT2D eigenvalue weighted by Gasteiger charge is 2.23. The zero-order chi connectivity index (χ0) is 15.2. The molecule has 0 aliphatic carbocycles. The monoisotopic (exact) mass is 289 g/mol. The summed E-state index contributed by atoms with van der Waals surface area (Å²) in [6.07, 6.45) is 7.34. The summed E-state index contributed by atoms with van der Waals surface area (Å²) in [7, 11) is 0. The van der Waals surface area contributed by atoms with Gasteiger partial charge in [-0.1, -0.05) is 44.7 Å². The molecule has 0 radical (unpaired) electrons. The van der Waals surface area contributed by atoms with Gasteiger partial charge in [-0.3, -0.25) is 4.90 Å². The Kier molecular flexibility index (Phi) is 5.80. The number of hydrogen-bond donors (Lipinski definition) is 1. The molecule has 0 amide bonds. The highest BCUT2D eigenvalue weighted by Crippen LogP contribution is 2.25. The molecule has 1 aliphatic rings. The van der Waals surface area contributed by atoms with Crippen molar-refractivity contribution in [1.82, 2.24) is 4.90 Å². The first-order valence-corrected chi connectivity index (χ1v) is 8.21. The quantitative estimate of drug-likeness (QED) is 0.768. The topological polar surface area (TPSA) is 40.5 Å². The zero-order valence-electron chi connectivity index (χ0n) is 13.3. The molecule has 1 unspecified atom stereocenters. The standard InChI is InChI=1S/C18H27NO2/c1-3-4-5-6-8-14(2)19-12-11-16-15(13-19)9-7-10-17(16)18(20)21/h7,9-10,14H,3-6,8,11-13H2,1-2H3,(H,20,21). The van der Waals surface area contributed by atoms with Crippen LogP contribution in [-0.2, 0) is 13.0 Å². The predicted molar refractivity (Wildman–Crippen MR) is 85.7 cm³/mol. The summed E-state index contributed by atoms with van der Waals surface area (Å²) < 4.78 is 0. The SMILES string of the molecule is CCCCCCC(C)N1CCc2c(cccc2C(=O)O)C1. The number of hydrogen-bond acceptors (Lipinski definition) is 2. The van der Waals surface area contributed by atoms with Gasteiger partial charge in [0.2, 0.25) is 0 Å². The van der Waals surface area contributed by atoms with Crippen LogP contribution in [0.25, 0.3) is 0 Å². The maximum Gasteiger partial charge on any atom is 0.335 e. The van der Waals surface area contributed by atoms with Crippen molar-refractivity contribution in [3.05, 3.63) is 34.9 Å². The van der Waals surface area contributed by atoms with Crippen molar-refractivity contribution in [3.63, 3.8) is 0 Å². The van der Waals surface area contributed by atoms with Gasteiger partial charge in [-0.05, 0) is 37.0 Å². The van der Waals surface area contributed by atoms with Crippen molar-refractivity contribution in [2.24, 2.45) is 0 Å². The highest BCUT2D eigenvalue weighted by molar-refractivity contribution is 5.89. The zero-order valence-corrected chi connectivity index (χ0v) is 13.3. The van der Waals surface area contributed by atoms with Crippen LogP contribution in [0.5, 0.6) is 0 Å². The van der Waals surface area contributed by atoms with Crippen molar-refractivity contribution in [3.8, 4) is 0 Å². The molecule has 1 aromatic carbocycles. The molecule has 3 nitrogen and oxygen atoms in total. The van der Waals surface area contributed by atoms with Crippen molar-refractivity contribution < 1.29 is 9.90 Å². The van der Waals surface area contributed by atoms with Gasteiger partial charge >= 0.3 is 5.97 Å². The minimum absolute atomic E-state index is 0.489. The second-order valence-corrected chi connectivity index (χ2v) is 6.17. The first kappa shape index (κ1) is 16.0. The van der Waals surface area contributed by atoms with Crippen LogP contribution in [0.1, 0.15) is 67.4 Å². The van der Waals surface area contributed by atoms with Crippen LogP contribution in [0.3, 0.4) is 0 Å². The van der Waals surface area contributed by atoms with Gasteiger partial charge in [-0.25, -0.2) is 4.79 Å². The number of benzene rings is 1. The lowest BCUT2D eigenvalue weighted by atomic mass is 9.93. The molecule has 0 aromatic heterocycles. The third-order valence-corrected chi connectivity index (χ3v) is 4.62. The molecule has 3 heteroatoms. The summed E-state index contributed by atoms with van der Waals surface area (Å²) in [5, 5.41) is 9.27. The molecule has 21 heavy (non-hydrogen) atoms. The molecule has 1 atom stereocenters. The van der Waals surface area contributed by atoms with E-state index in [1.165, 1.54) is 37.7 Å². The largest absolute Gasteiger partial charge is 0.478 e. The fourth-order valence-electron chi connectivity index (χ4n) is 3.26. The molecule has 0 saturated carbocycles. The van der Waals surface area contributed by atoms with Gasteiger partial charge in [0, 0.05) is 19.1 Å². The Morgan fingerprint density at radius 3 is 2.86 bits per heavy atom. The molecule has 2 rings (SSSR count). The molecular weight excluding hydrogens is 262 g/mol. The number of rotatable bonds is 7. The number of fused-ring (bicyclic) bond motifs is 1. The Balaban J connectivity index is 1.96. The molecule has 0 fully saturated rings. The maximum atomic E-state index is 11.3. The van der Waals surface area contributed by atoms with Crippen LogP contribution in [-0.4, -0.2) is 28.6 Å². The van der Waals surface area contributed by atoms with Gasteiger partial charge in [0.15, 0.2) is 0 Å². The van der Waals surface area contributed by atoms with Crippen molar-refractivity contribution >= 4 is 5.97 Å². The van der Waals surface area contributed by atoms with E-state index in [-0.39, 0.29) is 0 Å². The van der Waals surface area contributed by atoms with Crippen LogP contribution in [0, 0.1) is 0 Å². The lowest BCUT2D eigenvalue weighted by Crippen LogP contribution is -2.38. The molecule has 0 saturated heterocycles. The first-order chi connectivity index (χ1) is 10.1. The molecule has 1 heterocycles. The van der Waals surface area contributed by atoms with E-state index in [2.05, 4.69) is 24.8 Å². The Bertz CT molecular complexity index is 484. The number of carboxylic acid groups (broad SMARTS) is 1. The van der Waals surface area contributed by atoms with E-state index in [4.69, 9.17) is 0 Å². The number of nitrogens with zero attached hydrogens (tertiary/aromatic N) is 1. The van der Waals surface area contributed by atoms with E-state index in [0.29, 0.717) is 11.6 Å². The highest BCUT2D eigenvalue weighted by atomic mass is 16.4. The first-order valence-electron chi connectivity index (χ1n) is 8.21. The van der Waals surface area contributed by atoms with Crippen molar-refractivity contribution in [2.45, 2.75) is 65.0 Å². The lowest BCUT2D eigenvalue weighted by Gasteiger charge is -2.34. The minimum atomic E-state index is -0.798. The summed E-state index contributed by atoms with van der Waals surface area (Å²) in [4.78, 5) is 13.8. The fraction of sp³-hybridized carbons (Fsp3) is 0.611. The molecule has 1 N–H and O–H groups in total. The van der Waals surface area contributed by atoms with Gasteiger partial charge in [-0.2, -0.15) is 0 Å². The van der Waals surface area contributed by atoms with Crippen LogP contribution >= 0.6 is 0 Å². The van der Waals surface area contributed by atoms with Crippen LogP contribution < -0.4 is 0 Å². The summed E-state index contributed by atoms with van der Waals surface area (Å²) in [5.41, 5.74) is 2.73. The normalized spacial score (nSPS) is 16.5. The number of aromatic carboxylic acids is 1. The predicted octanol–water partition coefficient (Wildman–Crippen LogP) is 4.10. The van der Waals surface area contributed by atoms with E-state index >= 15 is 0 Å². The Labute approximate surface area is 128 Å². The fourth-order valence-corrected chi connectivity index (χ4v) is 3.26. The van der Waals surface area contributed by atoms with Crippen LogP contribution in [0.15, 0.2) is 18.2 Å². The van der Waals surface area contributed by atoms with Crippen LogP contribution in [0.4, 0.5) is 0 Å². The van der Waals surface area contributed by atoms with E-state index in [1.54, 1.807) is 6.07 Å². The Morgan fingerprint density at radius 1 is 1.33 bits per heavy atom. The maximum absolute atomic E-state index is 11.3. The van der Waals surface area contributed by atoms with Gasteiger partial charge < -0.3 is 5.11 Å².